The van der Waals surface area contributed by atoms with Crippen molar-refractivity contribution in [2.75, 3.05) is 81.9 Å². The minimum absolute atomic E-state index is 0.00558. The van der Waals surface area contributed by atoms with Crippen molar-refractivity contribution in [2.24, 2.45) is 28.8 Å². The predicted molar refractivity (Wildman–Crippen MR) is 162 cm³/mol. The fourth-order valence-electron chi connectivity index (χ4n) is 7.43. The Balaban J connectivity index is 1.95. The lowest BCUT2D eigenvalue weighted by atomic mass is 9.77. The van der Waals surface area contributed by atoms with Gasteiger partial charge >= 0.3 is 0 Å². The van der Waals surface area contributed by atoms with Gasteiger partial charge in [0.2, 0.25) is 0 Å². The molecule has 3 rings (SSSR count). The Morgan fingerprint density at radius 3 is 1.73 bits per heavy atom. The Hall–Kier alpha value is -1.25. The van der Waals surface area contributed by atoms with Gasteiger partial charge in [-0.15, -0.1) is 0 Å². The van der Waals surface area contributed by atoms with Gasteiger partial charge in [0.1, 0.15) is 6.10 Å². The average Bonchev–Trinajstić information content (AvgIpc) is 3.06. The smallest absolute Gasteiger partial charge is 0.184 e. The van der Waals surface area contributed by atoms with Crippen LogP contribution in [0.2, 0.25) is 0 Å². The van der Waals surface area contributed by atoms with Crippen LogP contribution < -0.4 is 21.3 Å². The van der Waals surface area contributed by atoms with E-state index in [4.69, 9.17) is 34.0 Å². The van der Waals surface area contributed by atoms with Crippen molar-refractivity contribution in [3.8, 4) is 0 Å². The Labute approximate surface area is 265 Å². The van der Waals surface area contributed by atoms with Crippen LogP contribution in [0.4, 0.5) is 0 Å². The minimum Gasteiger partial charge on any atom is -0.396 e. The van der Waals surface area contributed by atoms with Gasteiger partial charge in [0.15, 0.2) is 12.6 Å². The Kier molecular flexibility index (Phi) is 16.1. The lowest BCUT2D eigenvalue weighted by Crippen LogP contribution is -2.67. The number of azide groups is 1. The number of likely N-dealkylation sites (N-methyl/N-ethyl adjacent to an activating group) is 4. The van der Waals surface area contributed by atoms with Crippen molar-refractivity contribution in [2.45, 2.75) is 73.8 Å². The Bertz CT molecular complexity index is 908. The van der Waals surface area contributed by atoms with E-state index in [2.05, 4.69) is 31.3 Å². The molecule has 0 spiro atoms. The fraction of sp³-hybridized carbons (Fsp3) is 1.00. The van der Waals surface area contributed by atoms with Crippen LogP contribution in [0.5, 0.6) is 0 Å². The van der Waals surface area contributed by atoms with Gasteiger partial charge < -0.3 is 70.1 Å². The summed E-state index contributed by atoms with van der Waals surface area (Å²) in [5.74, 6) is -2.00. The summed E-state index contributed by atoms with van der Waals surface area (Å²) in [4.78, 5) is 2.87. The van der Waals surface area contributed by atoms with Crippen molar-refractivity contribution in [1.29, 1.82) is 0 Å². The lowest BCUT2D eigenvalue weighted by molar-refractivity contribution is -0.323. The van der Waals surface area contributed by atoms with E-state index < -0.39 is 73.0 Å². The molecule has 0 aromatic carbocycles. The molecule has 17 heteroatoms. The highest BCUT2D eigenvalue weighted by Gasteiger charge is 2.53. The molecule has 8 N–H and O–H groups in total. The van der Waals surface area contributed by atoms with Gasteiger partial charge in [-0.3, -0.25) is 0 Å². The summed E-state index contributed by atoms with van der Waals surface area (Å²) >= 11 is 0. The van der Waals surface area contributed by atoms with Crippen molar-refractivity contribution in [3.63, 3.8) is 0 Å². The van der Waals surface area contributed by atoms with Gasteiger partial charge in [0, 0.05) is 74.8 Å². The van der Waals surface area contributed by atoms with Gasteiger partial charge in [-0.2, -0.15) is 0 Å². The van der Waals surface area contributed by atoms with Crippen LogP contribution in [0.15, 0.2) is 5.11 Å². The van der Waals surface area contributed by atoms with E-state index in [1.165, 1.54) is 14.2 Å². The van der Waals surface area contributed by atoms with Crippen LogP contribution in [-0.4, -0.2) is 170 Å². The molecule has 2 saturated heterocycles. The van der Waals surface area contributed by atoms with E-state index in [9.17, 15) is 20.4 Å². The maximum absolute atomic E-state index is 10.9. The molecule has 0 bridgehead atoms. The second-order valence-electron chi connectivity index (χ2n) is 11.9. The normalized spacial score (nSPS) is 42.3. The number of hydrogen-bond donors (Lipinski definition) is 8. The zero-order chi connectivity index (χ0) is 33.1. The van der Waals surface area contributed by atoms with Crippen molar-refractivity contribution in [3.05, 3.63) is 10.4 Å². The number of ether oxygens (including phenoxy) is 6. The van der Waals surface area contributed by atoms with Crippen LogP contribution in [0.1, 0.15) is 6.42 Å². The molecule has 3 fully saturated rings. The number of nitrogens with zero attached hydrogens (tertiary/aromatic N) is 3. The summed E-state index contributed by atoms with van der Waals surface area (Å²) in [6.45, 7) is -0.614. The molecule has 17 nitrogen and oxygen atoms in total. The first-order chi connectivity index (χ1) is 21.9. The number of hydrogen-bond acceptors (Lipinski definition) is 15. The zero-order valence-electron chi connectivity index (χ0n) is 27.2. The van der Waals surface area contributed by atoms with Crippen LogP contribution in [-0.2, 0) is 28.4 Å². The van der Waals surface area contributed by atoms with Gasteiger partial charge in [-0.25, -0.2) is 0 Å². The number of methoxy groups -OCH3 is 2. The fourth-order valence-corrected chi connectivity index (χ4v) is 7.43. The molecular formula is C28H55N7O10. The first kappa shape index (κ1) is 38.2. The summed E-state index contributed by atoms with van der Waals surface area (Å²) in [6.07, 6.45) is -4.95. The predicted octanol–water partition coefficient (Wildman–Crippen LogP) is -2.63. The van der Waals surface area contributed by atoms with E-state index in [0.29, 0.717) is 13.0 Å². The molecule has 0 aromatic rings. The van der Waals surface area contributed by atoms with Gasteiger partial charge in [-0.05, 0) is 40.1 Å². The van der Waals surface area contributed by atoms with Gasteiger partial charge in [0.05, 0.1) is 56.2 Å². The van der Waals surface area contributed by atoms with Crippen molar-refractivity contribution in [1.82, 2.24) is 21.3 Å². The highest BCUT2D eigenvalue weighted by molar-refractivity contribution is 5.02. The van der Waals surface area contributed by atoms with Crippen LogP contribution in [0.3, 0.4) is 0 Å². The second kappa shape index (κ2) is 18.9. The third kappa shape index (κ3) is 8.43. The topological polar surface area (TPSA) is 233 Å². The summed E-state index contributed by atoms with van der Waals surface area (Å²) < 4.78 is 37.5. The number of rotatable bonds is 17. The SMILES string of the molecule is CNCC1O[C@H](O[C@@H]2C(NC)C[C@@H](NC)C(O[C@H]3OC(CN=[N+]=[N-])[C@@H](OC)C(NC)[C@H]3CO)[C@H]2CO)C(OC)[C@@H](CO)[C@@H]1CO. The molecule has 0 radical (unpaired) electrons. The molecule has 15 atom stereocenters. The molecule has 1 aliphatic carbocycles. The number of aliphatic hydroxyl groups excluding tert-OH is 4. The third-order valence-corrected chi connectivity index (χ3v) is 9.79. The summed E-state index contributed by atoms with van der Waals surface area (Å²) in [5, 5.41) is 58.4. The Morgan fingerprint density at radius 2 is 1.27 bits per heavy atom. The number of nitrogens with one attached hydrogen (secondary N) is 4. The second-order valence-corrected chi connectivity index (χ2v) is 11.9. The monoisotopic (exact) mass is 649 g/mol. The maximum atomic E-state index is 10.9. The van der Waals surface area contributed by atoms with Crippen molar-refractivity contribution < 1.29 is 48.8 Å². The van der Waals surface area contributed by atoms with E-state index >= 15 is 0 Å². The first-order valence-corrected chi connectivity index (χ1v) is 15.6. The van der Waals surface area contributed by atoms with Crippen LogP contribution >= 0.6 is 0 Å². The minimum atomic E-state index is -0.943. The van der Waals surface area contributed by atoms with E-state index in [1.54, 1.807) is 14.1 Å². The largest absolute Gasteiger partial charge is 0.396 e. The highest BCUT2D eigenvalue weighted by Crippen LogP contribution is 2.39. The van der Waals surface area contributed by atoms with Gasteiger partial charge in [-0.1, -0.05) is 5.11 Å². The molecule has 0 amide bonds. The standard InChI is InChI=1S/C28H55N7O10/c1-30-8-20-14(10-36)15(11-37)25(40-5)28(42-20)45-24-17(13-39)23(18(31-2)7-19(24)32-3)44-27-16(12-38)22(33-4)26(41-6)21(43-27)9-34-35-29/h14-28,30-33,36-39H,7-13H2,1-6H3/t14-,15-,16+,17+,18+,19?,20?,21?,22?,23?,24-,25?,26+,27+,28+/m0/s1. The molecule has 2 aliphatic heterocycles. The van der Waals surface area contributed by atoms with Gasteiger partial charge in [0.25, 0.3) is 0 Å². The summed E-state index contributed by atoms with van der Waals surface area (Å²) in [7, 11) is 10.2. The lowest BCUT2D eigenvalue weighted by Gasteiger charge is -2.52. The molecular weight excluding hydrogens is 594 g/mol. The summed E-state index contributed by atoms with van der Waals surface area (Å²) in [6, 6.07) is -0.887. The molecule has 262 valence electrons. The Morgan fingerprint density at radius 1 is 0.711 bits per heavy atom. The van der Waals surface area contributed by atoms with Crippen LogP contribution in [0, 0.1) is 23.7 Å². The van der Waals surface area contributed by atoms with E-state index in [1.807, 2.05) is 14.1 Å². The molecule has 0 aromatic heterocycles. The first-order valence-electron chi connectivity index (χ1n) is 15.6. The number of aliphatic hydroxyl groups is 4. The molecule has 45 heavy (non-hydrogen) atoms. The molecule has 2 heterocycles. The van der Waals surface area contributed by atoms with E-state index in [0.717, 1.165) is 0 Å². The quantitative estimate of drug-likeness (QED) is 0.0458. The van der Waals surface area contributed by atoms with E-state index in [-0.39, 0.29) is 51.0 Å². The average molecular weight is 650 g/mol. The highest BCUT2D eigenvalue weighted by atomic mass is 16.7. The molecule has 1 saturated carbocycles. The third-order valence-electron chi connectivity index (χ3n) is 9.79. The van der Waals surface area contributed by atoms with Crippen LogP contribution in [0.25, 0.3) is 10.4 Å². The molecule has 6 unspecified atom stereocenters. The maximum Gasteiger partial charge on any atom is 0.184 e. The van der Waals surface area contributed by atoms with Crippen molar-refractivity contribution >= 4 is 0 Å². The zero-order valence-corrected chi connectivity index (χ0v) is 27.2. The summed E-state index contributed by atoms with van der Waals surface area (Å²) in [5.41, 5.74) is 8.96. The molecule has 3 aliphatic rings.